The molecular formula is C27H29NO5. The number of carbonyl (C=O) groups is 2. The Kier molecular flexibility index (Phi) is 7.72. The molecule has 3 aromatic carbocycles. The van der Waals surface area contributed by atoms with Crippen molar-refractivity contribution in [1.29, 1.82) is 0 Å². The number of rotatable bonds is 9. The monoisotopic (exact) mass is 447 g/mol. The van der Waals surface area contributed by atoms with E-state index in [9.17, 15) is 9.59 Å². The molecule has 6 nitrogen and oxygen atoms in total. The van der Waals surface area contributed by atoms with Gasteiger partial charge in [0.05, 0.1) is 25.7 Å². The maximum atomic E-state index is 12.8. The fraction of sp³-hybridized carbons (Fsp3) is 0.259. The van der Waals surface area contributed by atoms with Gasteiger partial charge in [0.2, 0.25) is 0 Å². The molecule has 0 unspecified atom stereocenters. The van der Waals surface area contributed by atoms with Gasteiger partial charge in [-0.3, -0.25) is 9.59 Å². The molecule has 0 spiro atoms. The molecule has 0 saturated heterocycles. The first kappa shape index (κ1) is 23.9. The lowest BCUT2D eigenvalue weighted by atomic mass is 9.85. The predicted octanol–water partition coefficient (Wildman–Crippen LogP) is 4.43. The number of methoxy groups -OCH3 is 2. The second-order valence-corrected chi connectivity index (χ2v) is 8.11. The molecule has 0 radical (unpaired) electrons. The molecular weight excluding hydrogens is 418 g/mol. The van der Waals surface area contributed by atoms with E-state index < -0.39 is 23.3 Å². The fourth-order valence-electron chi connectivity index (χ4n) is 3.44. The van der Waals surface area contributed by atoms with E-state index in [2.05, 4.69) is 5.32 Å². The Hall–Kier alpha value is -3.80. The van der Waals surface area contributed by atoms with Gasteiger partial charge in [-0.1, -0.05) is 54.6 Å². The summed E-state index contributed by atoms with van der Waals surface area (Å²) in [5, 5.41) is 2.97. The van der Waals surface area contributed by atoms with Crippen molar-refractivity contribution in [3.05, 3.63) is 95.6 Å². The van der Waals surface area contributed by atoms with Crippen LogP contribution in [0.4, 0.5) is 0 Å². The van der Waals surface area contributed by atoms with E-state index in [4.69, 9.17) is 14.2 Å². The van der Waals surface area contributed by atoms with Crippen molar-refractivity contribution in [2.45, 2.75) is 25.3 Å². The summed E-state index contributed by atoms with van der Waals surface area (Å²) >= 11 is 0. The molecule has 0 saturated carbocycles. The lowest BCUT2D eigenvalue weighted by Crippen LogP contribution is -2.37. The van der Waals surface area contributed by atoms with Gasteiger partial charge in [0.1, 0.15) is 11.5 Å². The number of amides is 1. The third-order valence-corrected chi connectivity index (χ3v) is 5.54. The molecule has 0 fully saturated rings. The average Bonchev–Trinajstić information content (AvgIpc) is 2.86. The zero-order valence-electron chi connectivity index (χ0n) is 19.3. The van der Waals surface area contributed by atoms with Gasteiger partial charge in [-0.2, -0.15) is 0 Å². The summed E-state index contributed by atoms with van der Waals surface area (Å²) in [6.45, 7) is 3.18. The quantitative estimate of drug-likeness (QED) is 0.491. The summed E-state index contributed by atoms with van der Waals surface area (Å²) in [4.78, 5) is 25.5. The minimum absolute atomic E-state index is 0.377. The number of hydrogen-bond donors (Lipinski definition) is 1. The van der Waals surface area contributed by atoms with E-state index in [1.54, 1.807) is 28.1 Å². The van der Waals surface area contributed by atoms with Gasteiger partial charge in [0, 0.05) is 0 Å². The van der Waals surface area contributed by atoms with Crippen molar-refractivity contribution < 1.29 is 23.8 Å². The first-order valence-electron chi connectivity index (χ1n) is 10.6. The Morgan fingerprint density at radius 2 is 1.27 bits per heavy atom. The third kappa shape index (κ3) is 5.92. The standard InChI is InChI=1S/C27H29NO5/c1-27(2,21-8-6-5-7-9-21)26(30)33-18-24(29)28-25(19-10-14-22(31-3)15-11-19)20-12-16-23(32-4)17-13-20/h5-17,25H,18H2,1-4H3,(H,28,29). The van der Waals surface area contributed by atoms with Gasteiger partial charge in [0.15, 0.2) is 6.61 Å². The van der Waals surface area contributed by atoms with Crippen LogP contribution < -0.4 is 14.8 Å². The van der Waals surface area contributed by atoms with Crippen LogP contribution in [0.3, 0.4) is 0 Å². The van der Waals surface area contributed by atoms with Crippen molar-refractivity contribution >= 4 is 11.9 Å². The maximum Gasteiger partial charge on any atom is 0.316 e. The maximum absolute atomic E-state index is 12.8. The normalized spacial score (nSPS) is 11.1. The Bertz CT molecular complexity index is 1010. The highest BCUT2D eigenvalue weighted by molar-refractivity contribution is 5.86. The number of nitrogens with one attached hydrogen (secondary N) is 1. The average molecular weight is 448 g/mol. The van der Waals surface area contributed by atoms with Crippen molar-refractivity contribution in [2.24, 2.45) is 0 Å². The molecule has 1 amide bonds. The van der Waals surface area contributed by atoms with E-state index in [1.165, 1.54) is 0 Å². The van der Waals surface area contributed by atoms with Gasteiger partial charge in [-0.25, -0.2) is 0 Å². The fourth-order valence-corrected chi connectivity index (χ4v) is 3.44. The first-order valence-corrected chi connectivity index (χ1v) is 10.6. The third-order valence-electron chi connectivity index (χ3n) is 5.54. The summed E-state index contributed by atoms with van der Waals surface area (Å²) < 4.78 is 15.9. The molecule has 0 aromatic heterocycles. The van der Waals surface area contributed by atoms with Crippen molar-refractivity contribution in [2.75, 3.05) is 20.8 Å². The van der Waals surface area contributed by atoms with Crippen LogP contribution in [0.5, 0.6) is 11.5 Å². The molecule has 33 heavy (non-hydrogen) atoms. The molecule has 172 valence electrons. The second kappa shape index (κ2) is 10.7. The summed E-state index contributed by atoms with van der Waals surface area (Å²) in [6.07, 6.45) is 0. The highest BCUT2D eigenvalue weighted by atomic mass is 16.5. The smallest absolute Gasteiger partial charge is 0.316 e. The number of carbonyl (C=O) groups excluding carboxylic acids is 2. The van der Waals surface area contributed by atoms with Crippen LogP contribution in [-0.2, 0) is 19.7 Å². The minimum Gasteiger partial charge on any atom is -0.497 e. The van der Waals surface area contributed by atoms with E-state index in [-0.39, 0.29) is 6.61 Å². The minimum atomic E-state index is -0.868. The lowest BCUT2D eigenvalue weighted by molar-refractivity contribution is -0.153. The van der Waals surface area contributed by atoms with E-state index in [1.807, 2.05) is 78.9 Å². The zero-order chi connectivity index (χ0) is 23.8. The molecule has 0 heterocycles. The van der Waals surface area contributed by atoms with Crippen molar-refractivity contribution in [1.82, 2.24) is 5.32 Å². The van der Waals surface area contributed by atoms with Gasteiger partial charge in [0.25, 0.3) is 5.91 Å². The highest BCUT2D eigenvalue weighted by Crippen LogP contribution is 2.27. The van der Waals surface area contributed by atoms with Gasteiger partial charge >= 0.3 is 5.97 Å². The van der Waals surface area contributed by atoms with Gasteiger partial charge in [-0.05, 0) is 54.8 Å². The molecule has 0 atom stereocenters. The van der Waals surface area contributed by atoms with E-state index >= 15 is 0 Å². The van der Waals surface area contributed by atoms with Crippen molar-refractivity contribution in [3.63, 3.8) is 0 Å². The topological polar surface area (TPSA) is 73.9 Å². The Morgan fingerprint density at radius 3 is 1.73 bits per heavy atom. The zero-order valence-corrected chi connectivity index (χ0v) is 19.3. The van der Waals surface area contributed by atoms with Crippen LogP contribution in [0, 0.1) is 0 Å². The van der Waals surface area contributed by atoms with Crippen LogP contribution in [0.1, 0.15) is 36.6 Å². The molecule has 0 aliphatic heterocycles. The number of benzene rings is 3. The largest absolute Gasteiger partial charge is 0.497 e. The van der Waals surface area contributed by atoms with Crippen LogP contribution in [0.25, 0.3) is 0 Å². The first-order chi connectivity index (χ1) is 15.8. The predicted molar refractivity (Wildman–Crippen MR) is 126 cm³/mol. The highest BCUT2D eigenvalue weighted by Gasteiger charge is 2.32. The second-order valence-electron chi connectivity index (χ2n) is 8.11. The summed E-state index contributed by atoms with van der Waals surface area (Å²) in [7, 11) is 3.20. The molecule has 1 N–H and O–H groups in total. The molecule has 3 aromatic rings. The number of ether oxygens (including phenoxy) is 3. The van der Waals surface area contributed by atoms with Crippen molar-refractivity contribution in [3.8, 4) is 11.5 Å². The Labute approximate surface area is 194 Å². The summed E-state index contributed by atoms with van der Waals surface area (Å²) in [6, 6.07) is 23.8. The Morgan fingerprint density at radius 1 is 0.788 bits per heavy atom. The molecule has 0 aliphatic carbocycles. The summed E-state index contributed by atoms with van der Waals surface area (Å²) in [5.74, 6) is 0.574. The van der Waals surface area contributed by atoms with Gasteiger partial charge in [-0.15, -0.1) is 0 Å². The van der Waals surface area contributed by atoms with Crippen LogP contribution >= 0.6 is 0 Å². The van der Waals surface area contributed by atoms with E-state index in [0.717, 1.165) is 28.2 Å². The van der Waals surface area contributed by atoms with Crippen LogP contribution in [0.15, 0.2) is 78.9 Å². The van der Waals surface area contributed by atoms with Crippen LogP contribution in [0.2, 0.25) is 0 Å². The van der Waals surface area contributed by atoms with Gasteiger partial charge < -0.3 is 19.5 Å². The SMILES string of the molecule is COc1ccc(C(NC(=O)COC(=O)C(C)(C)c2ccccc2)c2ccc(OC)cc2)cc1. The Balaban J connectivity index is 1.73. The molecule has 0 bridgehead atoms. The molecule has 3 rings (SSSR count). The van der Waals surface area contributed by atoms with E-state index in [0.29, 0.717) is 0 Å². The lowest BCUT2D eigenvalue weighted by Gasteiger charge is -2.24. The van der Waals surface area contributed by atoms with Crippen LogP contribution in [-0.4, -0.2) is 32.7 Å². The molecule has 6 heteroatoms. The summed E-state index contributed by atoms with van der Waals surface area (Å²) in [5.41, 5.74) is 1.69. The number of hydrogen-bond acceptors (Lipinski definition) is 5. The number of esters is 1. The molecule has 0 aliphatic rings.